The predicted octanol–water partition coefficient (Wildman–Crippen LogP) is 0.0410. The molecule has 9 nitrogen and oxygen atoms in total. The molecule has 0 fully saturated rings. The van der Waals surface area contributed by atoms with Crippen molar-refractivity contribution < 1.29 is 27.9 Å². The van der Waals surface area contributed by atoms with Crippen molar-refractivity contribution in [3.05, 3.63) is 24.3 Å². The molecule has 1 aromatic carbocycles. The van der Waals surface area contributed by atoms with Crippen molar-refractivity contribution in [2.45, 2.75) is 19.0 Å². The third-order valence-electron chi connectivity index (χ3n) is 3.53. The third kappa shape index (κ3) is 3.82. The van der Waals surface area contributed by atoms with Crippen LogP contribution in [0.5, 0.6) is 0 Å². The maximum absolute atomic E-state index is 12.5. The normalized spacial score (nSPS) is 20.6. The highest BCUT2D eigenvalue weighted by Gasteiger charge is 2.38. The van der Waals surface area contributed by atoms with Crippen molar-refractivity contribution in [3.63, 3.8) is 0 Å². The number of anilines is 2. The van der Waals surface area contributed by atoms with E-state index in [2.05, 4.69) is 10.6 Å². The summed E-state index contributed by atoms with van der Waals surface area (Å²) in [7, 11) is -3.60. The fourth-order valence-electron chi connectivity index (χ4n) is 2.56. The molecule has 0 bridgehead atoms. The third-order valence-corrected chi connectivity index (χ3v) is 4.30. The number of benzene rings is 1. The van der Waals surface area contributed by atoms with E-state index in [1.165, 1.54) is 6.92 Å². The van der Waals surface area contributed by atoms with Gasteiger partial charge < -0.3 is 20.6 Å². The van der Waals surface area contributed by atoms with Crippen LogP contribution in [0.1, 0.15) is 6.92 Å². The van der Waals surface area contributed by atoms with Crippen molar-refractivity contribution in [1.29, 1.82) is 0 Å². The zero-order valence-corrected chi connectivity index (χ0v) is 13.8. The minimum atomic E-state index is -3.60. The Hall–Kier alpha value is -2.62. The van der Waals surface area contributed by atoms with Crippen LogP contribution in [-0.4, -0.2) is 55.5 Å². The molecule has 0 radical (unpaired) electrons. The van der Waals surface area contributed by atoms with Crippen molar-refractivity contribution in [3.8, 4) is 0 Å². The molecule has 1 aliphatic rings. The van der Waals surface area contributed by atoms with Crippen LogP contribution in [0.15, 0.2) is 24.3 Å². The number of carbonyl (C=O) groups excluding carboxylic acids is 2. The molecule has 1 aromatic rings. The van der Waals surface area contributed by atoms with E-state index in [-0.39, 0.29) is 0 Å². The molecule has 2 atom stereocenters. The van der Waals surface area contributed by atoms with Crippen molar-refractivity contribution in [2.24, 2.45) is 0 Å². The lowest BCUT2D eigenvalue weighted by atomic mass is 10.1. The predicted molar refractivity (Wildman–Crippen MR) is 86.7 cm³/mol. The van der Waals surface area contributed by atoms with Gasteiger partial charge in [0.05, 0.1) is 17.4 Å². The number of hydrogen-bond acceptors (Lipinski definition) is 5. The summed E-state index contributed by atoms with van der Waals surface area (Å²) in [6.45, 7) is 1.47. The highest BCUT2D eigenvalue weighted by Crippen LogP contribution is 2.31. The second-order valence-electron chi connectivity index (χ2n) is 5.51. The number of carboxylic acid groups (broad SMARTS) is 1. The Morgan fingerprint density at radius 3 is 2.54 bits per heavy atom. The topological polar surface area (TPSA) is 133 Å². The van der Waals surface area contributed by atoms with Crippen molar-refractivity contribution in [2.75, 3.05) is 22.2 Å². The van der Waals surface area contributed by atoms with Gasteiger partial charge in [-0.2, -0.15) is 0 Å². The first kappa shape index (κ1) is 17.7. The van der Waals surface area contributed by atoms with Crippen LogP contribution >= 0.6 is 0 Å². The summed E-state index contributed by atoms with van der Waals surface area (Å²) >= 11 is 0. The number of rotatable bonds is 3. The van der Waals surface area contributed by atoms with Gasteiger partial charge in [0.25, 0.3) is 0 Å². The Kier molecular flexibility index (Phi) is 4.78. The number of carbonyl (C=O) groups is 3. The van der Waals surface area contributed by atoms with Gasteiger partial charge >= 0.3 is 6.09 Å². The maximum atomic E-state index is 12.5. The van der Waals surface area contributed by atoms with Gasteiger partial charge in [0.15, 0.2) is 9.84 Å². The van der Waals surface area contributed by atoms with Gasteiger partial charge in [0.2, 0.25) is 11.8 Å². The molecule has 0 aliphatic carbocycles. The number of amides is 3. The number of nitrogens with zero attached hydrogens (tertiary/aromatic N) is 1. The second kappa shape index (κ2) is 6.48. The van der Waals surface area contributed by atoms with Crippen LogP contribution in [0.2, 0.25) is 0 Å². The number of para-hydroxylation sites is 2. The van der Waals surface area contributed by atoms with Gasteiger partial charge in [-0.3, -0.25) is 9.59 Å². The largest absolute Gasteiger partial charge is 0.465 e. The molecule has 3 amide bonds. The minimum Gasteiger partial charge on any atom is -0.465 e. The van der Waals surface area contributed by atoms with E-state index in [0.29, 0.717) is 11.4 Å². The van der Waals surface area contributed by atoms with E-state index < -0.39 is 45.6 Å². The Bertz CT molecular complexity index is 791. The lowest BCUT2D eigenvalue weighted by Gasteiger charge is -2.31. The average Bonchev–Trinajstić information content (AvgIpc) is 2.53. The molecule has 1 heterocycles. The molecular weight excluding hydrogens is 338 g/mol. The van der Waals surface area contributed by atoms with Gasteiger partial charge in [-0.25, -0.2) is 13.2 Å². The zero-order valence-electron chi connectivity index (χ0n) is 13.0. The lowest BCUT2D eigenvalue weighted by Crippen LogP contribution is -2.56. The summed E-state index contributed by atoms with van der Waals surface area (Å²) in [5.41, 5.74) is 0.604. The van der Waals surface area contributed by atoms with Gasteiger partial charge in [0, 0.05) is 6.26 Å². The summed E-state index contributed by atoms with van der Waals surface area (Å²) in [6.07, 6.45) is -0.501. The second-order valence-corrected chi connectivity index (χ2v) is 7.65. The number of sulfone groups is 1. The van der Waals surface area contributed by atoms with Gasteiger partial charge in [-0.1, -0.05) is 12.1 Å². The van der Waals surface area contributed by atoms with E-state index in [9.17, 15) is 22.8 Å². The van der Waals surface area contributed by atoms with E-state index >= 15 is 0 Å². The fourth-order valence-corrected chi connectivity index (χ4v) is 3.15. The molecule has 0 aromatic heterocycles. The molecule has 0 spiro atoms. The smallest absolute Gasteiger partial charge is 0.405 e. The molecule has 2 rings (SSSR count). The number of hydrogen-bond donors (Lipinski definition) is 3. The molecule has 24 heavy (non-hydrogen) atoms. The van der Waals surface area contributed by atoms with Crippen molar-refractivity contribution in [1.82, 2.24) is 5.32 Å². The van der Waals surface area contributed by atoms with Gasteiger partial charge in [-0.05, 0) is 19.1 Å². The van der Waals surface area contributed by atoms with Crippen LogP contribution < -0.4 is 15.5 Å². The van der Waals surface area contributed by atoms with E-state index in [1.54, 1.807) is 24.3 Å². The Labute approximate surface area is 138 Å². The van der Waals surface area contributed by atoms with Gasteiger partial charge in [-0.15, -0.1) is 0 Å². The lowest BCUT2D eigenvalue weighted by molar-refractivity contribution is -0.119. The maximum Gasteiger partial charge on any atom is 0.405 e. The van der Waals surface area contributed by atoms with Crippen molar-refractivity contribution >= 4 is 39.1 Å². The molecule has 0 saturated carbocycles. The average molecular weight is 355 g/mol. The number of fused-ring (bicyclic) bond motifs is 1. The van der Waals surface area contributed by atoms with E-state index in [0.717, 1.165) is 11.2 Å². The molecule has 10 heteroatoms. The summed E-state index contributed by atoms with van der Waals surface area (Å²) < 4.78 is 22.9. The summed E-state index contributed by atoms with van der Waals surface area (Å²) in [5.74, 6) is -2.13. The molecule has 130 valence electrons. The minimum absolute atomic E-state index is 0.297. The first-order valence-corrected chi connectivity index (χ1v) is 9.05. The Balaban J connectivity index is 2.52. The highest BCUT2D eigenvalue weighted by atomic mass is 32.2. The molecule has 0 unspecified atom stereocenters. The zero-order chi connectivity index (χ0) is 18.1. The fraction of sp³-hybridized carbons (Fsp3) is 0.357. The molecule has 1 aliphatic heterocycles. The quantitative estimate of drug-likeness (QED) is 0.701. The van der Waals surface area contributed by atoms with Crippen LogP contribution in [0.4, 0.5) is 16.2 Å². The van der Waals surface area contributed by atoms with Crippen LogP contribution in [-0.2, 0) is 19.4 Å². The van der Waals surface area contributed by atoms with E-state index in [4.69, 9.17) is 5.11 Å². The SMILES string of the molecule is C[C@H]1[C@H](NC(=O)O)C(=O)Nc2ccccc2N1C(=O)CS(C)(=O)=O. The van der Waals surface area contributed by atoms with Crippen LogP contribution in [0.25, 0.3) is 0 Å². The Morgan fingerprint density at radius 2 is 1.96 bits per heavy atom. The standard InChI is InChI=1S/C14H17N3O6S/c1-8-12(16-14(20)21)13(19)15-9-5-3-4-6-10(9)17(8)11(18)7-24(2,22)23/h3-6,8,12,16H,7H2,1-2H3,(H,15,19)(H,20,21)/t8-,12-/m0/s1. The highest BCUT2D eigenvalue weighted by molar-refractivity contribution is 7.91. The van der Waals surface area contributed by atoms with Crippen LogP contribution in [0.3, 0.4) is 0 Å². The molecule has 3 N–H and O–H groups in total. The first-order chi connectivity index (χ1) is 11.1. The molecule has 0 saturated heterocycles. The Morgan fingerprint density at radius 1 is 1.33 bits per heavy atom. The monoisotopic (exact) mass is 355 g/mol. The van der Waals surface area contributed by atoms with E-state index in [1.807, 2.05) is 0 Å². The first-order valence-electron chi connectivity index (χ1n) is 6.99. The summed E-state index contributed by atoms with van der Waals surface area (Å²) in [4.78, 5) is 36.9. The van der Waals surface area contributed by atoms with Crippen LogP contribution in [0, 0.1) is 0 Å². The summed E-state index contributed by atoms with van der Waals surface area (Å²) in [6, 6.07) is 4.19. The van der Waals surface area contributed by atoms with Gasteiger partial charge in [0.1, 0.15) is 11.8 Å². The summed E-state index contributed by atoms with van der Waals surface area (Å²) in [5, 5.41) is 13.5. The molecular formula is C14H17N3O6S. The number of nitrogens with one attached hydrogen (secondary N) is 2.